The standard InChI is InChI=1S/C48H35N/c1-5-17-39(18-6-1)47(40-19-7-2-8-20-40)48(41-21-9-3-10-22-41)42-30-28-36(29-31-42)37-32-34-44(35-33-37)49(43-24-11-4-12-25-43)46-27-15-23-38-16-13-14-26-45(38)46/h1-35H. The third-order valence-electron chi connectivity index (χ3n) is 9.09. The average Bonchev–Trinajstić information content (AvgIpc) is 3.19. The number of nitrogens with zero attached hydrogens (tertiary/aromatic N) is 1. The van der Waals surface area contributed by atoms with Crippen molar-refractivity contribution in [1.82, 2.24) is 0 Å². The lowest BCUT2D eigenvalue weighted by Gasteiger charge is -2.27. The minimum atomic E-state index is 1.12. The Hall–Kier alpha value is -6.44. The van der Waals surface area contributed by atoms with E-state index in [2.05, 4.69) is 217 Å². The van der Waals surface area contributed by atoms with Crippen LogP contribution in [0.3, 0.4) is 0 Å². The highest BCUT2D eigenvalue weighted by molar-refractivity contribution is 6.05. The van der Waals surface area contributed by atoms with Gasteiger partial charge in [0.1, 0.15) is 0 Å². The zero-order valence-corrected chi connectivity index (χ0v) is 27.2. The molecule has 0 aromatic heterocycles. The first-order valence-electron chi connectivity index (χ1n) is 16.8. The quantitative estimate of drug-likeness (QED) is 0.152. The van der Waals surface area contributed by atoms with Gasteiger partial charge in [0.05, 0.1) is 5.69 Å². The van der Waals surface area contributed by atoms with Gasteiger partial charge in [-0.05, 0) is 80.2 Å². The summed E-state index contributed by atoms with van der Waals surface area (Å²) in [6.07, 6.45) is 0. The molecule has 49 heavy (non-hydrogen) atoms. The smallest absolute Gasteiger partial charge is 0.0540 e. The van der Waals surface area contributed by atoms with Gasteiger partial charge in [-0.3, -0.25) is 0 Å². The van der Waals surface area contributed by atoms with E-state index in [1.54, 1.807) is 0 Å². The van der Waals surface area contributed by atoms with Crippen molar-refractivity contribution in [2.75, 3.05) is 4.90 Å². The molecule has 1 heteroatoms. The second-order valence-corrected chi connectivity index (χ2v) is 12.1. The molecule has 0 aliphatic heterocycles. The number of rotatable bonds is 8. The van der Waals surface area contributed by atoms with Crippen LogP contribution < -0.4 is 4.90 Å². The molecule has 1 nitrogen and oxygen atoms in total. The van der Waals surface area contributed by atoms with Gasteiger partial charge < -0.3 is 4.90 Å². The predicted octanol–water partition coefficient (Wildman–Crippen LogP) is 13.0. The van der Waals surface area contributed by atoms with Crippen molar-refractivity contribution in [1.29, 1.82) is 0 Å². The van der Waals surface area contributed by atoms with Crippen molar-refractivity contribution in [3.63, 3.8) is 0 Å². The highest BCUT2D eigenvalue weighted by Gasteiger charge is 2.17. The first-order valence-corrected chi connectivity index (χ1v) is 16.8. The fourth-order valence-corrected chi connectivity index (χ4v) is 6.77. The largest absolute Gasteiger partial charge is 0.310 e. The first kappa shape index (κ1) is 29.9. The van der Waals surface area contributed by atoms with Gasteiger partial charge in [-0.15, -0.1) is 0 Å². The molecule has 0 aliphatic carbocycles. The van der Waals surface area contributed by atoms with E-state index in [1.165, 1.54) is 55.3 Å². The van der Waals surface area contributed by atoms with Gasteiger partial charge in [0.15, 0.2) is 0 Å². The predicted molar refractivity (Wildman–Crippen MR) is 208 cm³/mol. The topological polar surface area (TPSA) is 3.24 Å². The maximum atomic E-state index is 2.35. The van der Waals surface area contributed by atoms with Crippen molar-refractivity contribution in [3.8, 4) is 11.1 Å². The SMILES string of the molecule is c1ccc(C(=C(c2ccccc2)c2ccc(-c3ccc(N(c4ccccc4)c4cccc5ccccc45)cc3)cc2)c2ccccc2)cc1. The molecule has 8 aromatic rings. The molecule has 0 bridgehead atoms. The van der Waals surface area contributed by atoms with Crippen LogP contribution in [0.2, 0.25) is 0 Å². The molecule has 0 saturated carbocycles. The Morgan fingerprint density at radius 2 is 0.673 bits per heavy atom. The summed E-state index contributed by atoms with van der Waals surface area (Å²) in [5.41, 5.74) is 13.0. The molecular formula is C48H35N. The summed E-state index contributed by atoms with van der Waals surface area (Å²) in [5.74, 6) is 0. The summed E-state index contributed by atoms with van der Waals surface area (Å²) in [6, 6.07) is 75.9. The van der Waals surface area contributed by atoms with E-state index in [1.807, 2.05) is 0 Å². The van der Waals surface area contributed by atoms with Crippen LogP contribution in [0.1, 0.15) is 22.3 Å². The lowest BCUT2D eigenvalue weighted by atomic mass is 9.85. The molecule has 0 heterocycles. The van der Waals surface area contributed by atoms with Crippen molar-refractivity contribution in [2.45, 2.75) is 0 Å². The normalized spacial score (nSPS) is 10.9. The van der Waals surface area contributed by atoms with Gasteiger partial charge in [-0.25, -0.2) is 0 Å². The Kier molecular flexibility index (Phi) is 8.39. The fraction of sp³-hybridized carbons (Fsp3) is 0. The number of anilines is 3. The Labute approximate surface area is 288 Å². The Morgan fingerprint density at radius 3 is 1.20 bits per heavy atom. The zero-order valence-electron chi connectivity index (χ0n) is 27.2. The molecule has 0 amide bonds. The van der Waals surface area contributed by atoms with Crippen LogP contribution >= 0.6 is 0 Å². The average molecular weight is 626 g/mol. The number of hydrogen-bond donors (Lipinski definition) is 0. The number of para-hydroxylation sites is 1. The van der Waals surface area contributed by atoms with Gasteiger partial charge in [0, 0.05) is 16.8 Å². The summed E-state index contributed by atoms with van der Waals surface area (Å²) >= 11 is 0. The number of benzene rings is 8. The van der Waals surface area contributed by atoms with Gasteiger partial charge in [0.2, 0.25) is 0 Å². The summed E-state index contributed by atoms with van der Waals surface area (Å²) in [4.78, 5) is 2.35. The molecule has 232 valence electrons. The highest BCUT2D eigenvalue weighted by Crippen LogP contribution is 2.40. The zero-order chi connectivity index (χ0) is 32.8. The lowest BCUT2D eigenvalue weighted by molar-refractivity contribution is 1.30. The van der Waals surface area contributed by atoms with Crippen LogP contribution in [-0.4, -0.2) is 0 Å². The summed E-state index contributed by atoms with van der Waals surface area (Å²) in [6.45, 7) is 0. The molecular weight excluding hydrogens is 591 g/mol. The Morgan fingerprint density at radius 1 is 0.286 bits per heavy atom. The van der Waals surface area contributed by atoms with Gasteiger partial charge in [-0.2, -0.15) is 0 Å². The minimum absolute atomic E-state index is 1.12. The Bertz CT molecular complexity index is 2280. The number of fused-ring (bicyclic) bond motifs is 1. The maximum absolute atomic E-state index is 2.35. The summed E-state index contributed by atoms with van der Waals surface area (Å²) < 4.78 is 0. The molecule has 0 fully saturated rings. The molecule has 0 unspecified atom stereocenters. The van der Waals surface area contributed by atoms with Crippen molar-refractivity contribution in [3.05, 3.63) is 235 Å². The molecule has 0 spiro atoms. The van der Waals surface area contributed by atoms with Crippen molar-refractivity contribution in [2.24, 2.45) is 0 Å². The molecule has 8 aromatic carbocycles. The first-order chi connectivity index (χ1) is 24.3. The van der Waals surface area contributed by atoms with Crippen LogP contribution in [0.4, 0.5) is 17.1 Å². The van der Waals surface area contributed by atoms with E-state index in [-0.39, 0.29) is 0 Å². The Balaban J connectivity index is 1.20. The lowest BCUT2D eigenvalue weighted by Crippen LogP contribution is -2.10. The van der Waals surface area contributed by atoms with Crippen LogP contribution in [0.5, 0.6) is 0 Å². The highest BCUT2D eigenvalue weighted by atomic mass is 15.1. The van der Waals surface area contributed by atoms with Crippen LogP contribution in [0.25, 0.3) is 33.0 Å². The minimum Gasteiger partial charge on any atom is -0.310 e. The van der Waals surface area contributed by atoms with Crippen LogP contribution in [0.15, 0.2) is 212 Å². The van der Waals surface area contributed by atoms with Crippen LogP contribution in [0, 0.1) is 0 Å². The third-order valence-corrected chi connectivity index (χ3v) is 9.09. The second-order valence-electron chi connectivity index (χ2n) is 12.1. The van der Waals surface area contributed by atoms with Gasteiger partial charge in [0.25, 0.3) is 0 Å². The molecule has 0 aliphatic rings. The number of hydrogen-bond acceptors (Lipinski definition) is 1. The van der Waals surface area contributed by atoms with E-state index in [9.17, 15) is 0 Å². The van der Waals surface area contributed by atoms with E-state index >= 15 is 0 Å². The molecule has 8 rings (SSSR count). The van der Waals surface area contributed by atoms with Crippen molar-refractivity contribution >= 4 is 39.0 Å². The van der Waals surface area contributed by atoms with Crippen molar-refractivity contribution < 1.29 is 0 Å². The van der Waals surface area contributed by atoms with Gasteiger partial charge >= 0.3 is 0 Å². The van der Waals surface area contributed by atoms with E-state index in [0.717, 1.165) is 17.1 Å². The maximum Gasteiger partial charge on any atom is 0.0540 e. The van der Waals surface area contributed by atoms with Crippen LogP contribution in [-0.2, 0) is 0 Å². The summed E-state index contributed by atoms with van der Waals surface area (Å²) in [7, 11) is 0. The van der Waals surface area contributed by atoms with E-state index in [4.69, 9.17) is 0 Å². The van der Waals surface area contributed by atoms with E-state index < -0.39 is 0 Å². The molecule has 0 saturated heterocycles. The molecule has 0 atom stereocenters. The fourth-order valence-electron chi connectivity index (χ4n) is 6.77. The molecule has 0 N–H and O–H groups in total. The third kappa shape index (κ3) is 6.18. The summed E-state index contributed by atoms with van der Waals surface area (Å²) in [5, 5.41) is 2.45. The second kappa shape index (κ2) is 13.7. The van der Waals surface area contributed by atoms with E-state index in [0.29, 0.717) is 0 Å². The molecule has 0 radical (unpaired) electrons. The monoisotopic (exact) mass is 625 g/mol. The van der Waals surface area contributed by atoms with Gasteiger partial charge in [-0.1, -0.05) is 182 Å².